The minimum absolute atomic E-state index is 0.0181. The molecule has 1 aliphatic heterocycles. The molecule has 2 amide bonds. The predicted octanol–water partition coefficient (Wildman–Crippen LogP) is 4.46. The van der Waals surface area contributed by atoms with Gasteiger partial charge in [0.2, 0.25) is 5.91 Å². The molecule has 2 N–H and O–H groups in total. The van der Waals surface area contributed by atoms with Crippen LogP contribution in [-0.4, -0.2) is 57.8 Å². The van der Waals surface area contributed by atoms with Crippen LogP contribution in [-0.2, 0) is 14.3 Å². The summed E-state index contributed by atoms with van der Waals surface area (Å²) in [5, 5.41) is 12.3. The van der Waals surface area contributed by atoms with Crippen LogP contribution in [0.15, 0.2) is 48.5 Å². The van der Waals surface area contributed by atoms with Gasteiger partial charge in [0, 0.05) is 24.1 Å². The molecule has 2 aromatic rings. The van der Waals surface area contributed by atoms with E-state index in [1.807, 2.05) is 31.2 Å². The van der Waals surface area contributed by atoms with Crippen LogP contribution in [0, 0.1) is 5.92 Å². The molecule has 1 heterocycles. The zero-order valence-corrected chi connectivity index (χ0v) is 20.5. The molecule has 2 aromatic carbocycles. The molecule has 2 aliphatic carbocycles. The van der Waals surface area contributed by atoms with E-state index in [1.54, 1.807) is 0 Å². The zero-order chi connectivity index (χ0) is 24.5. The second kappa shape index (κ2) is 9.93. The summed E-state index contributed by atoms with van der Waals surface area (Å²) >= 11 is 1.50. The first-order valence-corrected chi connectivity index (χ1v) is 13.2. The predicted molar refractivity (Wildman–Crippen MR) is 134 cm³/mol. The molecule has 35 heavy (non-hydrogen) atoms. The molecule has 1 saturated heterocycles. The summed E-state index contributed by atoms with van der Waals surface area (Å²) in [5.74, 6) is -0.477. The molecule has 8 heteroatoms. The number of thioether (sulfide) groups is 1. The molecule has 0 spiro atoms. The maximum Gasteiger partial charge on any atom is 0.407 e. The molecule has 5 rings (SSSR count). The Morgan fingerprint density at radius 3 is 2.37 bits per heavy atom. The van der Waals surface area contributed by atoms with Crippen LogP contribution in [0.5, 0.6) is 0 Å². The van der Waals surface area contributed by atoms with Crippen molar-refractivity contribution in [3.05, 3.63) is 59.7 Å². The fourth-order valence-electron chi connectivity index (χ4n) is 5.76. The number of carbonyl (C=O) groups excluding carboxylic acids is 2. The van der Waals surface area contributed by atoms with Crippen molar-refractivity contribution in [1.29, 1.82) is 0 Å². The number of nitrogens with one attached hydrogen (secondary N) is 1. The first-order chi connectivity index (χ1) is 16.9. The summed E-state index contributed by atoms with van der Waals surface area (Å²) in [4.78, 5) is 38.5. The van der Waals surface area contributed by atoms with Crippen LogP contribution in [0.25, 0.3) is 11.1 Å². The van der Waals surface area contributed by atoms with Crippen LogP contribution in [0.4, 0.5) is 4.79 Å². The highest BCUT2D eigenvalue weighted by Crippen LogP contribution is 2.44. The summed E-state index contributed by atoms with van der Waals surface area (Å²) in [5.41, 5.74) is 4.73. The number of carboxylic acids is 1. The maximum atomic E-state index is 12.8. The second-order valence-corrected chi connectivity index (χ2v) is 11.0. The Hall–Kier alpha value is -3.00. The first kappa shape index (κ1) is 23.7. The van der Waals surface area contributed by atoms with Crippen LogP contribution in [0.1, 0.15) is 49.7 Å². The van der Waals surface area contributed by atoms with Gasteiger partial charge in [-0.3, -0.25) is 4.79 Å². The van der Waals surface area contributed by atoms with Crippen LogP contribution < -0.4 is 5.32 Å². The topological polar surface area (TPSA) is 95.9 Å². The van der Waals surface area contributed by atoms with E-state index < -0.39 is 18.1 Å². The van der Waals surface area contributed by atoms with E-state index in [0.29, 0.717) is 18.6 Å². The first-order valence-electron chi connectivity index (χ1n) is 12.2. The number of hydrogen-bond donors (Lipinski definition) is 2. The van der Waals surface area contributed by atoms with Crippen LogP contribution in [0.3, 0.4) is 0 Å². The largest absolute Gasteiger partial charge is 0.480 e. The van der Waals surface area contributed by atoms with Gasteiger partial charge < -0.3 is 20.1 Å². The molecule has 0 bridgehead atoms. The number of aliphatic carboxylic acids is 1. The number of hydrogen-bond acceptors (Lipinski definition) is 5. The number of alkyl carbamates (subject to hydrolysis) is 1. The number of carboxylic acid groups (broad SMARTS) is 1. The Morgan fingerprint density at radius 2 is 1.71 bits per heavy atom. The molecular weight excluding hydrogens is 464 g/mol. The van der Waals surface area contributed by atoms with Gasteiger partial charge in [0.05, 0.1) is 5.37 Å². The number of carbonyl (C=O) groups is 3. The lowest BCUT2D eigenvalue weighted by atomic mass is 9.98. The van der Waals surface area contributed by atoms with Crippen molar-refractivity contribution in [1.82, 2.24) is 10.2 Å². The van der Waals surface area contributed by atoms with Gasteiger partial charge in [-0.25, -0.2) is 9.59 Å². The van der Waals surface area contributed by atoms with E-state index in [4.69, 9.17) is 4.74 Å². The number of benzene rings is 2. The van der Waals surface area contributed by atoms with Crippen molar-refractivity contribution >= 4 is 29.7 Å². The number of amides is 2. The molecule has 0 aromatic heterocycles. The van der Waals surface area contributed by atoms with E-state index in [9.17, 15) is 19.5 Å². The lowest BCUT2D eigenvalue weighted by Gasteiger charge is -2.26. The average Bonchev–Trinajstić information content (AvgIpc) is 3.53. The third-order valence-corrected chi connectivity index (χ3v) is 8.68. The Labute approximate surface area is 209 Å². The number of ether oxygens (including phenoxy) is 1. The van der Waals surface area contributed by atoms with Gasteiger partial charge in [-0.1, -0.05) is 48.5 Å². The van der Waals surface area contributed by atoms with Crippen molar-refractivity contribution in [3.8, 4) is 11.1 Å². The van der Waals surface area contributed by atoms with Gasteiger partial charge in [0.25, 0.3) is 0 Å². The van der Waals surface area contributed by atoms with E-state index in [1.165, 1.54) is 38.9 Å². The van der Waals surface area contributed by atoms with Gasteiger partial charge in [0.15, 0.2) is 0 Å². The highest BCUT2D eigenvalue weighted by molar-refractivity contribution is 8.00. The Bertz CT molecular complexity index is 1090. The van der Waals surface area contributed by atoms with E-state index in [0.717, 1.165) is 12.8 Å². The molecule has 184 valence electrons. The third kappa shape index (κ3) is 4.76. The van der Waals surface area contributed by atoms with E-state index in [-0.39, 0.29) is 35.8 Å². The summed E-state index contributed by atoms with van der Waals surface area (Å²) in [6, 6.07) is 15.7. The minimum atomic E-state index is -0.948. The fourth-order valence-corrected chi connectivity index (χ4v) is 6.95. The summed E-state index contributed by atoms with van der Waals surface area (Å²) < 4.78 is 5.66. The van der Waals surface area contributed by atoms with Gasteiger partial charge in [0.1, 0.15) is 12.6 Å². The van der Waals surface area contributed by atoms with Crippen LogP contribution >= 0.6 is 11.8 Å². The molecule has 4 atom stereocenters. The number of fused-ring (bicyclic) bond motifs is 3. The average molecular weight is 495 g/mol. The number of nitrogens with zero attached hydrogens (tertiary/aromatic N) is 1. The molecule has 3 aliphatic rings. The summed E-state index contributed by atoms with van der Waals surface area (Å²) in [6.07, 6.45) is 2.20. The monoisotopic (exact) mass is 494 g/mol. The highest BCUT2D eigenvalue weighted by Gasteiger charge is 2.40. The van der Waals surface area contributed by atoms with Gasteiger partial charge >= 0.3 is 12.1 Å². The minimum Gasteiger partial charge on any atom is -0.480 e. The van der Waals surface area contributed by atoms with Crippen molar-refractivity contribution in [2.24, 2.45) is 5.92 Å². The highest BCUT2D eigenvalue weighted by atomic mass is 32.2. The Morgan fingerprint density at radius 1 is 1.06 bits per heavy atom. The SMILES string of the molecule is CC1SCC(C(=O)O)N1C(=O)C[C@H]1CC[C@@H](NC(=O)OCC2c3ccccc3-c3ccccc32)C1. The fraction of sp³-hybridized carbons (Fsp3) is 0.444. The smallest absolute Gasteiger partial charge is 0.407 e. The molecular formula is C27H30N2O5S. The molecule has 0 radical (unpaired) electrons. The van der Waals surface area contributed by atoms with Gasteiger partial charge in [-0.2, -0.15) is 0 Å². The molecule has 7 nitrogen and oxygen atoms in total. The molecule has 1 saturated carbocycles. The number of rotatable bonds is 6. The normalized spacial score (nSPS) is 25.2. The lowest BCUT2D eigenvalue weighted by molar-refractivity contribution is -0.149. The summed E-state index contributed by atoms with van der Waals surface area (Å²) in [7, 11) is 0. The van der Waals surface area contributed by atoms with E-state index >= 15 is 0 Å². The Balaban J connectivity index is 1.13. The Kier molecular flexibility index (Phi) is 6.73. The standard InChI is InChI=1S/C27H30N2O5S/c1-16-29(24(15-35-16)26(31)32)25(30)13-17-10-11-18(12-17)28-27(33)34-14-23-21-8-4-2-6-19(21)20-7-3-5-9-22(20)23/h2-9,16-18,23-24H,10-15H2,1H3,(H,28,33)(H,31,32)/t16?,17-,18+,24?/m0/s1. The van der Waals surface area contributed by atoms with Gasteiger partial charge in [-0.05, 0) is 54.4 Å². The van der Waals surface area contributed by atoms with Crippen molar-refractivity contribution in [3.63, 3.8) is 0 Å². The maximum absolute atomic E-state index is 12.8. The third-order valence-electron chi connectivity index (χ3n) is 7.47. The van der Waals surface area contributed by atoms with Gasteiger partial charge in [-0.15, -0.1) is 11.8 Å². The van der Waals surface area contributed by atoms with Crippen molar-refractivity contribution < 1.29 is 24.2 Å². The van der Waals surface area contributed by atoms with E-state index in [2.05, 4.69) is 29.6 Å². The zero-order valence-electron chi connectivity index (χ0n) is 19.7. The van der Waals surface area contributed by atoms with Crippen molar-refractivity contribution in [2.75, 3.05) is 12.4 Å². The van der Waals surface area contributed by atoms with Crippen LogP contribution in [0.2, 0.25) is 0 Å². The lowest BCUT2D eigenvalue weighted by Crippen LogP contribution is -2.45. The molecule has 2 unspecified atom stereocenters. The van der Waals surface area contributed by atoms with Crippen molar-refractivity contribution in [2.45, 2.75) is 56.0 Å². The quantitative estimate of drug-likeness (QED) is 0.616. The molecule has 2 fully saturated rings. The summed E-state index contributed by atoms with van der Waals surface area (Å²) in [6.45, 7) is 2.15. The second-order valence-electron chi connectivity index (χ2n) is 9.64.